The van der Waals surface area contributed by atoms with Crippen molar-refractivity contribution in [1.29, 1.82) is 0 Å². The zero-order chi connectivity index (χ0) is 12.8. The molecule has 0 aromatic heterocycles. The van der Waals surface area contributed by atoms with Gasteiger partial charge in [0.15, 0.2) is 5.96 Å². The van der Waals surface area contributed by atoms with Crippen LogP contribution >= 0.6 is 0 Å². The second-order valence-electron chi connectivity index (χ2n) is 5.51. The molecule has 4 heteroatoms. The standard InChI is InChI=1S/C13H28N4/c1-15(2)13(16(3)4)14-9-6-12-7-10-17(5)11-8-12/h12H,6-11H2,1-5H3. The van der Waals surface area contributed by atoms with Gasteiger partial charge in [-0.2, -0.15) is 0 Å². The molecule has 1 heterocycles. The highest BCUT2D eigenvalue weighted by Crippen LogP contribution is 2.19. The first kappa shape index (κ1) is 14.3. The molecule has 0 unspecified atom stereocenters. The lowest BCUT2D eigenvalue weighted by Gasteiger charge is -2.29. The zero-order valence-corrected chi connectivity index (χ0v) is 12.1. The largest absolute Gasteiger partial charge is 0.349 e. The summed E-state index contributed by atoms with van der Waals surface area (Å²) in [7, 11) is 10.4. The Hall–Kier alpha value is -0.770. The Morgan fingerprint density at radius 2 is 1.65 bits per heavy atom. The highest BCUT2D eigenvalue weighted by molar-refractivity contribution is 5.79. The third-order valence-corrected chi connectivity index (χ3v) is 3.43. The number of rotatable bonds is 3. The van der Waals surface area contributed by atoms with Crippen LogP contribution in [0.3, 0.4) is 0 Å². The van der Waals surface area contributed by atoms with E-state index in [1.807, 2.05) is 0 Å². The zero-order valence-electron chi connectivity index (χ0n) is 12.1. The Balaban J connectivity index is 2.32. The number of piperidine rings is 1. The van der Waals surface area contributed by atoms with Gasteiger partial charge >= 0.3 is 0 Å². The summed E-state index contributed by atoms with van der Waals surface area (Å²) in [6.07, 6.45) is 3.91. The van der Waals surface area contributed by atoms with E-state index in [2.05, 4.69) is 49.9 Å². The highest BCUT2D eigenvalue weighted by atomic mass is 15.3. The fourth-order valence-electron chi connectivity index (χ4n) is 2.38. The molecule has 1 rings (SSSR count). The predicted molar refractivity (Wildman–Crippen MR) is 74.5 cm³/mol. The second-order valence-corrected chi connectivity index (χ2v) is 5.51. The van der Waals surface area contributed by atoms with E-state index >= 15 is 0 Å². The van der Waals surface area contributed by atoms with Crippen LogP contribution < -0.4 is 0 Å². The van der Waals surface area contributed by atoms with Crippen molar-refractivity contribution < 1.29 is 0 Å². The van der Waals surface area contributed by atoms with E-state index in [9.17, 15) is 0 Å². The van der Waals surface area contributed by atoms with Gasteiger partial charge in [0.1, 0.15) is 0 Å². The van der Waals surface area contributed by atoms with Gasteiger partial charge in [-0.1, -0.05) is 0 Å². The molecule has 0 aliphatic carbocycles. The van der Waals surface area contributed by atoms with E-state index in [0.29, 0.717) is 0 Å². The molecular weight excluding hydrogens is 212 g/mol. The van der Waals surface area contributed by atoms with Crippen molar-refractivity contribution in [2.45, 2.75) is 19.3 Å². The lowest BCUT2D eigenvalue weighted by atomic mass is 9.94. The summed E-state index contributed by atoms with van der Waals surface area (Å²) in [6.45, 7) is 3.46. The van der Waals surface area contributed by atoms with Crippen molar-refractivity contribution in [2.75, 3.05) is 54.9 Å². The SMILES string of the molecule is CN1CCC(CCN=C(N(C)C)N(C)C)CC1. The normalized spacial score (nSPS) is 17.9. The molecule has 4 nitrogen and oxygen atoms in total. The molecule has 1 aliphatic rings. The number of hydrogen-bond donors (Lipinski definition) is 0. The lowest BCUT2D eigenvalue weighted by molar-refractivity contribution is 0.214. The van der Waals surface area contributed by atoms with Crippen LogP contribution in [-0.2, 0) is 0 Å². The Morgan fingerprint density at radius 1 is 1.12 bits per heavy atom. The van der Waals surface area contributed by atoms with Crippen molar-refractivity contribution in [3.8, 4) is 0 Å². The summed E-state index contributed by atoms with van der Waals surface area (Å²) >= 11 is 0. The first-order valence-corrected chi connectivity index (χ1v) is 6.58. The monoisotopic (exact) mass is 240 g/mol. The molecule has 1 saturated heterocycles. The maximum Gasteiger partial charge on any atom is 0.195 e. The van der Waals surface area contributed by atoms with Crippen LogP contribution in [0.2, 0.25) is 0 Å². The minimum absolute atomic E-state index is 0.875. The van der Waals surface area contributed by atoms with E-state index in [4.69, 9.17) is 4.99 Å². The highest BCUT2D eigenvalue weighted by Gasteiger charge is 2.16. The number of likely N-dealkylation sites (tertiary alicyclic amines) is 1. The van der Waals surface area contributed by atoms with Gasteiger partial charge in [0.05, 0.1) is 0 Å². The first-order valence-electron chi connectivity index (χ1n) is 6.58. The third-order valence-electron chi connectivity index (χ3n) is 3.43. The molecule has 0 aromatic carbocycles. The molecule has 100 valence electrons. The minimum Gasteiger partial charge on any atom is -0.349 e. The minimum atomic E-state index is 0.875. The quantitative estimate of drug-likeness (QED) is 0.547. The van der Waals surface area contributed by atoms with Crippen molar-refractivity contribution >= 4 is 5.96 Å². The van der Waals surface area contributed by atoms with Gasteiger partial charge in [0.25, 0.3) is 0 Å². The van der Waals surface area contributed by atoms with Crippen LogP contribution in [0.15, 0.2) is 4.99 Å². The first-order chi connectivity index (χ1) is 8.00. The smallest absolute Gasteiger partial charge is 0.195 e. The Morgan fingerprint density at radius 3 is 2.12 bits per heavy atom. The van der Waals surface area contributed by atoms with Gasteiger partial charge in [-0.3, -0.25) is 4.99 Å². The summed E-state index contributed by atoms with van der Waals surface area (Å²) in [5.74, 6) is 1.94. The van der Waals surface area contributed by atoms with Gasteiger partial charge in [0.2, 0.25) is 0 Å². The van der Waals surface area contributed by atoms with Crippen molar-refractivity contribution in [3.63, 3.8) is 0 Å². The van der Waals surface area contributed by atoms with Crippen LogP contribution in [0.4, 0.5) is 0 Å². The summed E-state index contributed by atoms with van der Waals surface area (Å²) in [5, 5.41) is 0. The molecule has 0 amide bonds. The molecule has 0 N–H and O–H groups in total. The third kappa shape index (κ3) is 4.94. The maximum absolute atomic E-state index is 4.69. The fraction of sp³-hybridized carbons (Fsp3) is 0.923. The van der Waals surface area contributed by atoms with Crippen LogP contribution in [0.25, 0.3) is 0 Å². The van der Waals surface area contributed by atoms with E-state index in [1.165, 1.54) is 32.4 Å². The Bertz CT molecular complexity index is 230. The van der Waals surface area contributed by atoms with Gasteiger partial charge in [-0.15, -0.1) is 0 Å². The average molecular weight is 240 g/mol. The predicted octanol–water partition coefficient (Wildman–Crippen LogP) is 1.20. The van der Waals surface area contributed by atoms with Crippen LogP contribution in [-0.4, -0.2) is 75.5 Å². The molecule has 0 bridgehead atoms. The van der Waals surface area contributed by atoms with E-state index < -0.39 is 0 Å². The molecule has 0 radical (unpaired) electrons. The summed E-state index contributed by atoms with van der Waals surface area (Å²) in [6, 6.07) is 0. The molecule has 0 atom stereocenters. The molecule has 0 spiro atoms. The molecule has 17 heavy (non-hydrogen) atoms. The number of aliphatic imine (C=N–C) groups is 1. The number of hydrogen-bond acceptors (Lipinski definition) is 2. The topological polar surface area (TPSA) is 22.1 Å². The Kier molecular flexibility index (Phi) is 5.75. The van der Waals surface area contributed by atoms with Gasteiger partial charge < -0.3 is 14.7 Å². The molecule has 0 saturated carbocycles. The van der Waals surface area contributed by atoms with Crippen molar-refractivity contribution in [2.24, 2.45) is 10.9 Å². The molecule has 1 fully saturated rings. The van der Waals surface area contributed by atoms with Gasteiger partial charge in [-0.05, 0) is 45.3 Å². The summed E-state index contributed by atoms with van der Waals surface area (Å²) in [5.41, 5.74) is 0. The molecule has 1 aliphatic heterocycles. The van der Waals surface area contributed by atoms with E-state index in [0.717, 1.165) is 18.4 Å². The second kappa shape index (κ2) is 6.84. The lowest BCUT2D eigenvalue weighted by Crippen LogP contribution is -2.35. The number of nitrogens with zero attached hydrogens (tertiary/aromatic N) is 4. The molecular formula is C13H28N4. The van der Waals surface area contributed by atoms with Crippen LogP contribution in [0.5, 0.6) is 0 Å². The van der Waals surface area contributed by atoms with E-state index in [-0.39, 0.29) is 0 Å². The van der Waals surface area contributed by atoms with Crippen LogP contribution in [0, 0.1) is 5.92 Å². The van der Waals surface area contributed by atoms with Crippen LogP contribution in [0.1, 0.15) is 19.3 Å². The summed E-state index contributed by atoms with van der Waals surface area (Å²) in [4.78, 5) is 11.3. The van der Waals surface area contributed by atoms with Crippen molar-refractivity contribution in [3.05, 3.63) is 0 Å². The fourth-order valence-corrected chi connectivity index (χ4v) is 2.38. The average Bonchev–Trinajstić information content (AvgIpc) is 2.25. The van der Waals surface area contributed by atoms with E-state index in [1.54, 1.807) is 0 Å². The van der Waals surface area contributed by atoms with Gasteiger partial charge in [-0.25, -0.2) is 0 Å². The van der Waals surface area contributed by atoms with Gasteiger partial charge in [0, 0.05) is 34.7 Å². The van der Waals surface area contributed by atoms with Crippen molar-refractivity contribution in [1.82, 2.24) is 14.7 Å². The summed E-state index contributed by atoms with van der Waals surface area (Å²) < 4.78 is 0. The Labute approximate surface area is 106 Å². The maximum atomic E-state index is 4.69. The molecule has 0 aromatic rings. The number of guanidine groups is 1.